The second-order valence-corrected chi connectivity index (χ2v) is 6.22. The molecule has 0 bridgehead atoms. The number of fused-ring (bicyclic) bond motifs is 4. The minimum atomic E-state index is -1.22. The Labute approximate surface area is 131 Å². The van der Waals surface area contributed by atoms with E-state index >= 15 is 0 Å². The first-order chi connectivity index (χ1) is 10.9. The van der Waals surface area contributed by atoms with Crippen molar-refractivity contribution in [3.8, 4) is 0 Å². The number of hydrogen-bond donors (Lipinski definition) is 2. The number of rotatable bonds is 1. The molecule has 2 N–H and O–H groups in total. The molecule has 2 amide bonds. The summed E-state index contributed by atoms with van der Waals surface area (Å²) >= 11 is 0. The molecule has 23 heavy (non-hydrogen) atoms. The van der Waals surface area contributed by atoms with E-state index in [1.807, 2.05) is 13.8 Å². The number of halogens is 1. The van der Waals surface area contributed by atoms with E-state index in [1.165, 1.54) is 18.2 Å². The number of anilines is 2. The molecular weight excluding hydrogens is 299 g/mol. The molecular formula is C16H15FN4O2. The van der Waals surface area contributed by atoms with Crippen LogP contribution in [0.1, 0.15) is 37.4 Å². The number of carbonyl (C=O) groups excluding carboxylic acids is 2. The molecule has 0 radical (unpaired) electrons. The van der Waals surface area contributed by atoms with E-state index in [9.17, 15) is 14.0 Å². The number of benzene rings is 1. The first-order valence-electron chi connectivity index (χ1n) is 7.43. The molecule has 1 atom stereocenters. The summed E-state index contributed by atoms with van der Waals surface area (Å²) in [5, 5.41) is 9.87. The summed E-state index contributed by atoms with van der Waals surface area (Å²) in [7, 11) is 0. The Balaban J connectivity index is 2.02. The number of nitrogens with zero attached hydrogens (tertiary/aromatic N) is 2. The third-order valence-electron chi connectivity index (χ3n) is 4.51. The quantitative estimate of drug-likeness (QED) is 0.847. The van der Waals surface area contributed by atoms with Gasteiger partial charge in [0.2, 0.25) is 11.8 Å². The van der Waals surface area contributed by atoms with Gasteiger partial charge in [0, 0.05) is 23.7 Å². The van der Waals surface area contributed by atoms with Crippen molar-refractivity contribution in [1.82, 2.24) is 9.78 Å². The normalized spacial score (nSPS) is 22.1. The number of nitrogens with one attached hydrogen (secondary N) is 2. The van der Waals surface area contributed by atoms with E-state index in [2.05, 4.69) is 15.7 Å². The Kier molecular flexibility index (Phi) is 2.67. The molecule has 0 saturated carbocycles. The van der Waals surface area contributed by atoms with Crippen LogP contribution >= 0.6 is 0 Å². The van der Waals surface area contributed by atoms with Crippen LogP contribution in [0.4, 0.5) is 15.9 Å². The van der Waals surface area contributed by atoms with Crippen molar-refractivity contribution in [1.29, 1.82) is 0 Å². The van der Waals surface area contributed by atoms with Crippen molar-refractivity contribution in [3.63, 3.8) is 0 Å². The Bertz CT molecular complexity index is 858. The first-order valence-corrected chi connectivity index (χ1v) is 7.43. The Morgan fingerprint density at radius 1 is 1.26 bits per heavy atom. The molecule has 2 aliphatic rings. The van der Waals surface area contributed by atoms with E-state index in [0.29, 0.717) is 22.6 Å². The fourth-order valence-corrected chi connectivity index (χ4v) is 3.48. The lowest BCUT2D eigenvalue weighted by Crippen LogP contribution is -2.43. The standard InChI is InChI=1S/C16H15FN4O2/c1-8(2)21-14-11(7-18-21)16(6-13(22)20-14)10-5-9(17)3-4-12(10)19-15(16)23/h3-5,7-8H,6H2,1-2H3,(H,19,23)(H,20,22). The highest BCUT2D eigenvalue weighted by molar-refractivity contribution is 6.14. The van der Waals surface area contributed by atoms with Gasteiger partial charge in [-0.1, -0.05) is 0 Å². The van der Waals surface area contributed by atoms with Crippen LogP contribution < -0.4 is 10.6 Å². The van der Waals surface area contributed by atoms with Gasteiger partial charge in [-0.25, -0.2) is 9.07 Å². The van der Waals surface area contributed by atoms with Gasteiger partial charge in [0.05, 0.1) is 6.20 Å². The van der Waals surface area contributed by atoms with Crippen molar-refractivity contribution in [2.45, 2.75) is 31.7 Å². The van der Waals surface area contributed by atoms with Gasteiger partial charge in [0.25, 0.3) is 0 Å². The molecule has 7 heteroatoms. The minimum Gasteiger partial charge on any atom is -0.325 e. The third kappa shape index (κ3) is 1.70. The van der Waals surface area contributed by atoms with Crippen LogP contribution in [0, 0.1) is 5.82 Å². The number of aromatic nitrogens is 2. The van der Waals surface area contributed by atoms with Crippen LogP contribution in [0.5, 0.6) is 0 Å². The van der Waals surface area contributed by atoms with Crippen LogP contribution in [-0.2, 0) is 15.0 Å². The van der Waals surface area contributed by atoms with Crippen molar-refractivity contribution < 1.29 is 14.0 Å². The largest absolute Gasteiger partial charge is 0.325 e. The van der Waals surface area contributed by atoms with Crippen LogP contribution in [-0.4, -0.2) is 21.6 Å². The lowest BCUT2D eigenvalue weighted by Gasteiger charge is -2.31. The first kappa shape index (κ1) is 13.9. The summed E-state index contributed by atoms with van der Waals surface area (Å²) in [5.74, 6) is -0.545. The second-order valence-electron chi connectivity index (χ2n) is 6.22. The van der Waals surface area contributed by atoms with E-state index in [-0.39, 0.29) is 24.3 Å². The topological polar surface area (TPSA) is 76.0 Å². The maximum absolute atomic E-state index is 13.8. The highest BCUT2D eigenvalue weighted by Crippen LogP contribution is 2.50. The molecule has 118 valence electrons. The van der Waals surface area contributed by atoms with Crippen LogP contribution in [0.2, 0.25) is 0 Å². The smallest absolute Gasteiger partial charge is 0.240 e. The van der Waals surface area contributed by atoms with Gasteiger partial charge in [-0.3, -0.25) is 9.59 Å². The molecule has 4 rings (SSSR count). The number of amides is 2. The molecule has 2 aromatic rings. The molecule has 0 aliphatic carbocycles. The van der Waals surface area contributed by atoms with Gasteiger partial charge < -0.3 is 10.6 Å². The lowest BCUT2D eigenvalue weighted by atomic mass is 9.72. The van der Waals surface area contributed by atoms with Crippen molar-refractivity contribution in [2.24, 2.45) is 0 Å². The van der Waals surface area contributed by atoms with Gasteiger partial charge in [-0.05, 0) is 37.6 Å². The zero-order valence-corrected chi connectivity index (χ0v) is 12.7. The highest BCUT2D eigenvalue weighted by atomic mass is 19.1. The van der Waals surface area contributed by atoms with Gasteiger partial charge in [0.15, 0.2) is 0 Å². The molecule has 1 aromatic carbocycles. The molecule has 6 nitrogen and oxygen atoms in total. The SMILES string of the molecule is CC(C)n1ncc2c1NC(=O)CC21C(=O)Nc2ccc(F)cc21. The summed E-state index contributed by atoms with van der Waals surface area (Å²) in [4.78, 5) is 25.0. The molecule has 0 fully saturated rings. The number of hydrogen-bond acceptors (Lipinski definition) is 3. The summed E-state index contributed by atoms with van der Waals surface area (Å²) in [5.41, 5.74) is 0.409. The molecule has 3 heterocycles. The van der Waals surface area contributed by atoms with E-state index in [4.69, 9.17) is 0 Å². The van der Waals surface area contributed by atoms with Crippen molar-refractivity contribution in [3.05, 3.63) is 41.3 Å². The predicted molar refractivity (Wildman–Crippen MR) is 81.7 cm³/mol. The maximum Gasteiger partial charge on any atom is 0.240 e. The lowest BCUT2D eigenvalue weighted by molar-refractivity contribution is -0.125. The average molecular weight is 314 g/mol. The zero-order chi connectivity index (χ0) is 16.4. The molecule has 1 aromatic heterocycles. The summed E-state index contributed by atoms with van der Waals surface area (Å²) in [6, 6.07) is 4.16. The minimum absolute atomic E-state index is 0.0191. The second kappa shape index (κ2) is 4.41. The molecule has 1 unspecified atom stereocenters. The Hall–Kier alpha value is -2.70. The van der Waals surface area contributed by atoms with Crippen LogP contribution in [0.15, 0.2) is 24.4 Å². The average Bonchev–Trinajstić information content (AvgIpc) is 3.01. The fourth-order valence-electron chi connectivity index (χ4n) is 3.48. The Morgan fingerprint density at radius 3 is 2.78 bits per heavy atom. The summed E-state index contributed by atoms with van der Waals surface area (Å²) < 4.78 is 15.4. The van der Waals surface area contributed by atoms with Crippen molar-refractivity contribution in [2.75, 3.05) is 10.6 Å². The van der Waals surface area contributed by atoms with Gasteiger partial charge >= 0.3 is 0 Å². The fraction of sp³-hybridized carbons (Fsp3) is 0.312. The summed E-state index contributed by atoms with van der Waals surface area (Å²) in [6.45, 7) is 3.87. The third-order valence-corrected chi connectivity index (χ3v) is 4.51. The van der Waals surface area contributed by atoms with Gasteiger partial charge in [-0.15, -0.1) is 0 Å². The molecule has 1 spiro atoms. The van der Waals surface area contributed by atoms with Crippen LogP contribution in [0.3, 0.4) is 0 Å². The number of carbonyl (C=O) groups is 2. The Morgan fingerprint density at radius 2 is 2.04 bits per heavy atom. The zero-order valence-electron chi connectivity index (χ0n) is 12.7. The molecule has 0 saturated heterocycles. The van der Waals surface area contributed by atoms with E-state index in [1.54, 1.807) is 10.9 Å². The van der Waals surface area contributed by atoms with Crippen molar-refractivity contribution >= 4 is 23.3 Å². The maximum atomic E-state index is 13.8. The van der Waals surface area contributed by atoms with E-state index < -0.39 is 11.2 Å². The monoisotopic (exact) mass is 314 g/mol. The van der Waals surface area contributed by atoms with Crippen LogP contribution in [0.25, 0.3) is 0 Å². The summed E-state index contributed by atoms with van der Waals surface area (Å²) in [6.07, 6.45) is 1.53. The van der Waals surface area contributed by atoms with Gasteiger partial charge in [-0.2, -0.15) is 5.10 Å². The molecule has 2 aliphatic heterocycles. The predicted octanol–water partition coefficient (Wildman–Crippen LogP) is 2.18. The van der Waals surface area contributed by atoms with Gasteiger partial charge in [0.1, 0.15) is 17.1 Å². The highest BCUT2D eigenvalue weighted by Gasteiger charge is 2.54. The van der Waals surface area contributed by atoms with E-state index in [0.717, 1.165) is 0 Å².